The van der Waals surface area contributed by atoms with Crippen molar-refractivity contribution in [3.05, 3.63) is 0 Å². The molecule has 0 aromatic heterocycles. The van der Waals surface area contributed by atoms with Gasteiger partial charge in [-0.25, -0.2) is 0 Å². The number of ether oxygens (including phenoxy) is 2. The molecule has 1 N–H and O–H groups in total. The van der Waals surface area contributed by atoms with Crippen LogP contribution in [0.5, 0.6) is 0 Å². The van der Waals surface area contributed by atoms with Crippen LogP contribution in [-0.2, 0) is 18.7 Å². The van der Waals surface area contributed by atoms with Gasteiger partial charge in [0.2, 0.25) is 5.91 Å². The number of amides is 1. The van der Waals surface area contributed by atoms with Crippen molar-refractivity contribution in [2.24, 2.45) is 11.8 Å². The minimum atomic E-state index is -1.79. The van der Waals surface area contributed by atoms with Gasteiger partial charge >= 0.3 is 0 Å². The van der Waals surface area contributed by atoms with E-state index in [0.717, 1.165) is 0 Å². The molecule has 0 unspecified atom stereocenters. The average molecular weight is 388 g/mol. The second kappa shape index (κ2) is 8.29. The summed E-state index contributed by atoms with van der Waals surface area (Å²) in [5, 5.41) is 3.16. The van der Waals surface area contributed by atoms with Gasteiger partial charge in [0.25, 0.3) is 0 Å². The standard InChI is InChI=1S/C20H41NO4Si/c1-13(12-23-26(10,11)19(5,6)7)17-14(2)18(15(3)21-16(4)22)25-20(8,9)24-17/h13-15,17-18H,12H2,1-11H3,(H,21,22)/t13-,14+,15-,17-,18+/m1/s1. The molecule has 0 spiro atoms. The molecule has 0 aromatic carbocycles. The lowest BCUT2D eigenvalue weighted by Crippen LogP contribution is -2.59. The van der Waals surface area contributed by atoms with Gasteiger partial charge in [-0.1, -0.05) is 34.6 Å². The van der Waals surface area contributed by atoms with E-state index in [9.17, 15) is 4.79 Å². The molecule has 1 amide bonds. The van der Waals surface area contributed by atoms with Crippen LogP contribution < -0.4 is 5.32 Å². The molecule has 1 saturated heterocycles. The summed E-state index contributed by atoms with van der Waals surface area (Å²) in [5.74, 6) is -0.319. The predicted molar refractivity (Wildman–Crippen MR) is 109 cm³/mol. The lowest BCUT2D eigenvalue weighted by atomic mass is 9.85. The second-order valence-corrected chi connectivity index (χ2v) is 14.8. The van der Waals surface area contributed by atoms with Gasteiger partial charge in [-0.3, -0.25) is 4.79 Å². The van der Waals surface area contributed by atoms with E-state index >= 15 is 0 Å². The summed E-state index contributed by atoms with van der Waals surface area (Å²) in [6.45, 7) is 23.8. The third-order valence-corrected chi connectivity index (χ3v) is 10.4. The summed E-state index contributed by atoms with van der Waals surface area (Å²) in [5.41, 5.74) is 0. The van der Waals surface area contributed by atoms with Gasteiger partial charge in [0.1, 0.15) is 0 Å². The molecule has 1 aliphatic rings. The Morgan fingerprint density at radius 2 is 1.69 bits per heavy atom. The second-order valence-electron chi connectivity index (χ2n) is 9.96. The van der Waals surface area contributed by atoms with Crippen molar-refractivity contribution in [3.8, 4) is 0 Å². The SMILES string of the molecule is CC(=O)N[C@H](C)[C@H]1OC(C)(C)O[C@H]([C@H](C)CO[Si](C)(C)C(C)(C)C)[C@@H]1C. The molecule has 5 nitrogen and oxygen atoms in total. The summed E-state index contributed by atoms with van der Waals surface area (Å²) in [7, 11) is -1.79. The first-order chi connectivity index (χ1) is 11.6. The van der Waals surface area contributed by atoms with E-state index in [1.807, 2.05) is 20.8 Å². The molecule has 6 heteroatoms. The van der Waals surface area contributed by atoms with Gasteiger partial charge in [0.15, 0.2) is 14.1 Å². The van der Waals surface area contributed by atoms with Crippen LogP contribution in [-0.4, -0.2) is 44.9 Å². The van der Waals surface area contributed by atoms with E-state index < -0.39 is 14.1 Å². The fourth-order valence-electron chi connectivity index (χ4n) is 3.33. The zero-order valence-corrected chi connectivity index (χ0v) is 19.7. The first-order valence-electron chi connectivity index (χ1n) is 9.84. The number of carbonyl (C=O) groups is 1. The number of nitrogens with one attached hydrogen (secondary N) is 1. The van der Waals surface area contributed by atoms with E-state index in [1.165, 1.54) is 0 Å². The highest BCUT2D eigenvalue weighted by Gasteiger charge is 2.46. The maximum atomic E-state index is 11.5. The van der Waals surface area contributed by atoms with Crippen molar-refractivity contribution in [2.45, 2.75) is 104 Å². The number of hydrogen-bond donors (Lipinski definition) is 1. The van der Waals surface area contributed by atoms with Gasteiger partial charge < -0.3 is 19.2 Å². The van der Waals surface area contributed by atoms with Crippen molar-refractivity contribution < 1.29 is 18.7 Å². The molecule has 1 heterocycles. The van der Waals surface area contributed by atoms with Crippen molar-refractivity contribution in [1.29, 1.82) is 0 Å². The minimum absolute atomic E-state index is 0.0183. The third-order valence-electron chi connectivity index (χ3n) is 5.87. The highest BCUT2D eigenvalue weighted by Crippen LogP contribution is 2.39. The molecule has 1 rings (SSSR count). The highest BCUT2D eigenvalue weighted by molar-refractivity contribution is 6.74. The number of carbonyl (C=O) groups excluding carboxylic acids is 1. The molecule has 5 atom stereocenters. The van der Waals surface area contributed by atoms with Crippen LogP contribution in [0.1, 0.15) is 62.3 Å². The fraction of sp³-hybridized carbons (Fsp3) is 0.950. The van der Waals surface area contributed by atoms with Gasteiger partial charge in [0.05, 0.1) is 18.2 Å². The number of rotatable bonds is 6. The molecular formula is C20H41NO4Si. The van der Waals surface area contributed by atoms with Gasteiger partial charge in [0, 0.05) is 25.4 Å². The fourth-order valence-corrected chi connectivity index (χ4v) is 4.44. The summed E-state index contributed by atoms with van der Waals surface area (Å²) < 4.78 is 18.9. The Kier molecular flexibility index (Phi) is 7.53. The molecule has 0 radical (unpaired) electrons. The summed E-state index contributed by atoms with van der Waals surface area (Å²) >= 11 is 0. The topological polar surface area (TPSA) is 56.8 Å². The third kappa shape index (κ3) is 6.04. The maximum absolute atomic E-state index is 11.5. The molecule has 1 fully saturated rings. The van der Waals surface area contributed by atoms with Crippen LogP contribution in [0.3, 0.4) is 0 Å². The molecule has 26 heavy (non-hydrogen) atoms. The highest BCUT2D eigenvalue weighted by atomic mass is 28.4. The van der Waals surface area contributed by atoms with Gasteiger partial charge in [-0.15, -0.1) is 0 Å². The molecule has 0 saturated carbocycles. The average Bonchev–Trinajstić information content (AvgIpc) is 2.44. The summed E-state index contributed by atoms with van der Waals surface area (Å²) in [6.07, 6.45) is -0.0762. The molecule has 1 aliphatic heterocycles. The van der Waals surface area contributed by atoms with Crippen LogP contribution >= 0.6 is 0 Å². The van der Waals surface area contributed by atoms with Gasteiger partial charge in [-0.05, 0) is 38.9 Å². The van der Waals surface area contributed by atoms with Crippen LogP contribution in [0.2, 0.25) is 18.1 Å². The lowest BCUT2D eigenvalue weighted by molar-refractivity contribution is -0.331. The van der Waals surface area contributed by atoms with Crippen molar-refractivity contribution in [1.82, 2.24) is 5.32 Å². The minimum Gasteiger partial charge on any atom is -0.416 e. The first kappa shape index (κ1) is 23.6. The zero-order chi connectivity index (χ0) is 20.5. The molecule has 154 valence electrons. The molecule has 0 bridgehead atoms. The maximum Gasteiger partial charge on any atom is 0.217 e. The first-order valence-corrected chi connectivity index (χ1v) is 12.7. The van der Waals surface area contributed by atoms with Crippen molar-refractivity contribution in [2.75, 3.05) is 6.61 Å². The summed E-state index contributed by atoms with van der Waals surface area (Å²) in [4.78, 5) is 11.5. The van der Waals surface area contributed by atoms with E-state index in [1.54, 1.807) is 6.92 Å². The predicted octanol–water partition coefficient (Wildman–Crippen LogP) is 4.33. The Morgan fingerprint density at radius 1 is 1.19 bits per heavy atom. The van der Waals surface area contributed by atoms with Crippen molar-refractivity contribution >= 4 is 14.2 Å². The monoisotopic (exact) mass is 387 g/mol. The Bertz CT molecular complexity index is 487. The van der Waals surface area contributed by atoms with E-state index in [0.29, 0.717) is 6.61 Å². The van der Waals surface area contributed by atoms with Crippen LogP contribution in [0.25, 0.3) is 0 Å². The van der Waals surface area contributed by atoms with E-state index in [-0.39, 0.29) is 41.0 Å². The summed E-state index contributed by atoms with van der Waals surface area (Å²) in [6, 6.07) is -0.0679. The largest absolute Gasteiger partial charge is 0.416 e. The molecule has 0 aliphatic carbocycles. The lowest BCUT2D eigenvalue weighted by Gasteiger charge is -2.49. The Morgan fingerprint density at radius 3 is 2.15 bits per heavy atom. The van der Waals surface area contributed by atoms with E-state index in [2.05, 4.69) is 53.0 Å². The quantitative estimate of drug-likeness (QED) is 0.689. The Balaban J connectivity index is 2.87. The van der Waals surface area contributed by atoms with Gasteiger partial charge in [-0.2, -0.15) is 0 Å². The Labute approximate surface area is 161 Å². The van der Waals surface area contributed by atoms with Crippen molar-refractivity contribution in [3.63, 3.8) is 0 Å². The van der Waals surface area contributed by atoms with Crippen LogP contribution in [0.4, 0.5) is 0 Å². The van der Waals surface area contributed by atoms with E-state index in [4.69, 9.17) is 13.9 Å². The normalized spacial score (nSPS) is 29.1. The van der Waals surface area contributed by atoms with Crippen LogP contribution in [0, 0.1) is 11.8 Å². The molecular weight excluding hydrogens is 346 g/mol. The zero-order valence-electron chi connectivity index (χ0n) is 18.7. The Hall–Kier alpha value is -0.433. The number of hydrogen-bond acceptors (Lipinski definition) is 4. The smallest absolute Gasteiger partial charge is 0.217 e. The van der Waals surface area contributed by atoms with Crippen LogP contribution in [0.15, 0.2) is 0 Å². The molecule has 0 aromatic rings.